The first kappa shape index (κ1) is 25.2. The van der Waals surface area contributed by atoms with Crippen LogP contribution in [0.5, 0.6) is 0 Å². The molecule has 11 rings (SSSR count). The molecule has 11 aromatic rings. The second-order valence-electron chi connectivity index (χ2n) is 12.1. The maximum atomic E-state index is 6.57. The summed E-state index contributed by atoms with van der Waals surface area (Å²) in [7, 11) is 0. The van der Waals surface area contributed by atoms with Crippen LogP contribution in [-0.2, 0) is 0 Å². The van der Waals surface area contributed by atoms with E-state index in [9.17, 15) is 0 Å². The Morgan fingerprint density at radius 2 is 1.21 bits per heavy atom. The zero-order chi connectivity index (χ0) is 30.6. The van der Waals surface area contributed by atoms with Crippen molar-refractivity contribution in [2.45, 2.75) is 0 Å². The Morgan fingerprint density at radius 1 is 0.532 bits per heavy atom. The number of fused-ring (bicyclic) bond motifs is 14. The number of nitrogens with zero attached hydrogens (tertiary/aromatic N) is 3. The van der Waals surface area contributed by atoms with Gasteiger partial charge in [-0.3, -0.25) is 4.57 Å². The molecule has 0 fully saturated rings. The lowest BCUT2D eigenvalue weighted by Gasteiger charge is -2.12. The number of thiophene rings is 1. The van der Waals surface area contributed by atoms with Gasteiger partial charge in [0, 0.05) is 47.3 Å². The van der Waals surface area contributed by atoms with Gasteiger partial charge in [-0.15, -0.1) is 11.3 Å². The molecule has 0 aliphatic rings. The van der Waals surface area contributed by atoms with E-state index in [1.807, 2.05) is 29.5 Å². The molecule has 0 aliphatic carbocycles. The molecule has 0 amide bonds. The van der Waals surface area contributed by atoms with E-state index in [0.717, 1.165) is 49.5 Å². The number of hydrogen-bond acceptors (Lipinski definition) is 4. The van der Waals surface area contributed by atoms with Crippen molar-refractivity contribution in [3.63, 3.8) is 0 Å². The highest BCUT2D eigenvalue weighted by molar-refractivity contribution is 7.27. The summed E-state index contributed by atoms with van der Waals surface area (Å²) in [6.45, 7) is 0. The smallest absolute Gasteiger partial charge is 0.236 e. The minimum Gasteiger partial charge on any atom is -0.452 e. The first-order chi connectivity index (χ1) is 23.3. The second-order valence-corrected chi connectivity index (χ2v) is 13.2. The van der Waals surface area contributed by atoms with Crippen molar-refractivity contribution in [2.24, 2.45) is 0 Å². The first-order valence-electron chi connectivity index (χ1n) is 15.8. The van der Waals surface area contributed by atoms with Crippen LogP contribution < -0.4 is 0 Å². The van der Waals surface area contributed by atoms with E-state index < -0.39 is 0 Å². The quantitative estimate of drug-likeness (QED) is 0.194. The maximum absolute atomic E-state index is 6.57. The number of benzene rings is 7. The van der Waals surface area contributed by atoms with E-state index in [-0.39, 0.29) is 0 Å². The summed E-state index contributed by atoms with van der Waals surface area (Å²) in [6.07, 6.45) is 0. The van der Waals surface area contributed by atoms with Crippen LogP contribution in [0.1, 0.15) is 0 Å². The summed E-state index contributed by atoms with van der Waals surface area (Å²) in [5.74, 6) is 0.630. The summed E-state index contributed by atoms with van der Waals surface area (Å²) >= 11 is 1.86. The van der Waals surface area contributed by atoms with Crippen molar-refractivity contribution >= 4 is 96.9 Å². The van der Waals surface area contributed by atoms with Gasteiger partial charge in [0.2, 0.25) is 5.95 Å². The minimum atomic E-state index is 0.630. The Hall–Kier alpha value is -6.04. The molecule has 0 bridgehead atoms. The van der Waals surface area contributed by atoms with E-state index in [2.05, 4.69) is 126 Å². The Labute approximate surface area is 271 Å². The van der Waals surface area contributed by atoms with Gasteiger partial charge in [0.25, 0.3) is 0 Å². The van der Waals surface area contributed by atoms with Gasteiger partial charge in [-0.2, -0.15) is 0 Å². The lowest BCUT2D eigenvalue weighted by atomic mass is 10.00. The molecule has 0 saturated heterocycles. The molecule has 0 spiro atoms. The van der Waals surface area contributed by atoms with Gasteiger partial charge in [-0.25, -0.2) is 9.97 Å². The number of hydrogen-bond donors (Lipinski definition) is 0. The van der Waals surface area contributed by atoms with E-state index in [0.29, 0.717) is 11.5 Å². The van der Waals surface area contributed by atoms with E-state index >= 15 is 0 Å². The van der Waals surface area contributed by atoms with Crippen LogP contribution in [0.2, 0.25) is 0 Å². The van der Waals surface area contributed by atoms with Gasteiger partial charge in [0.1, 0.15) is 16.8 Å². The van der Waals surface area contributed by atoms with Gasteiger partial charge in [-0.1, -0.05) is 115 Å². The molecular formula is C42H23N3OS. The average Bonchev–Trinajstić information content (AvgIpc) is 3.81. The van der Waals surface area contributed by atoms with Gasteiger partial charge < -0.3 is 4.42 Å². The van der Waals surface area contributed by atoms with Crippen molar-refractivity contribution in [1.29, 1.82) is 0 Å². The van der Waals surface area contributed by atoms with Gasteiger partial charge in [0.05, 0.1) is 11.0 Å². The zero-order valence-corrected chi connectivity index (χ0v) is 25.8. The second kappa shape index (κ2) is 9.25. The third-order valence-electron chi connectivity index (χ3n) is 9.60. The van der Waals surface area contributed by atoms with Crippen LogP contribution in [0.15, 0.2) is 144 Å². The number of furan rings is 1. The summed E-state index contributed by atoms with van der Waals surface area (Å²) in [5, 5.41) is 10.7. The molecular weight excluding hydrogens is 595 g/mol. The molecule has 47 heavy (non-hydrogen) atoms. The Balaban J connectivity index is 1.39. The molecule has 0 unspecified atom stereocenters. The Kier molecular flexibility index (Phi) is 4.96. The van der Waals surface area contributed by atoms with Crippen LogP contribution in [0.4, 0.5) is 0 Å². The van der Waals surface area contributed by atoms with E-state index in [1.54, 1.807) is 0 Å². The average molecular weight is 618 g/mol. The predicted molar refractivity (Wildman–Crippen MR) is 197 cm³/mol. The summed E-state index contributed by atoms with van der Waals surface area (Å²) in [6, 6.07) is 49.2. The summed E-state index contributed by atoms with van der Waals surface area (Å²) < 4.78 is 11.4. The molecule has 4 nitrogen and oxygen atoms in total. The fourth-order valence-electron chi connectivity index (χ4n) is 7.62. The molecule has 0 N–H and O–H groups in total. The normalized spacial score (nSPS) is 12.3. The zero-order valence-electron chi connectivity index (χ0n) is 24.9. The summed E-state index contributed by atoms with van der Waals surface area (Å²) in [5.41, 5.74) is 6.33. The highest BCUT2D eigenvalue weighted by Crippen LogP contribution is 2.48. The van der Waals surface area contributed by atoms with Gasteiger partial charge in [0.15, 0.2) is 5.58 Å². The fourth-order valence-corrected chi connectivity index (χ4v) is 8.86. The molecule has 0 saturated carbocycles. The molecule has 218 valence electrons. The van der Waals surface area contributed by atoms with Crippen LogP contribution in [0.25, 0.3) is 103 Å². The number of rotatable bonds is 2. The SMILES string of the molecule is c1ccc2c(-c3nc(-n4c5ccccc5c5c6ccccc6c6sc7ccccc7c6c54)nc4c3oc3ccccc34)cccc2c1. The molecule has 5 heteroatoms. The monoisotopic (exact) mass is 617 g/mol. The lowest BCUT2D eigenvalue weighted by molar-refractivity contribution is 0.666. The van der Waals surface area contributed by atoms with E-state index in [1.165, 1.54) is 41.7 Å². The molecule has 0 radical (unpaired) electrons. The van der Waals surface area contributed by atoms with Gasteiger partial charge >= 0.3 is 0 Å². The third kappa shape index (κ3) is 3.36. The number of para-hydroxylation sites is 2. The molecule has 4 aromatic heterocycles. The molecule has 4 heterocycles. The van der Waals surface area contributed by atoms with Crippen LogP contribution in [-0.4, -0.2) is 14.5 Å². The van der Waals surface area contributed by atoms with Crippen molar-refractivity contribution < 1.29 is 4.42 Å². The largest absolute Gasteiger partial charge is 0.452 e. The van der Waals surface area contributed by atoms with Crippen LogP contribution in [0.3, 0.4) is 0 Å². The fraction of sp³-hybridized carbons (Fsp3) is 0. The minimum absolute atomic E-state index is 0.630. The molecule has 7 aromatic carbocycles. The Morgan fingerprint density at radius 3 is 2.11 bits per heavy atom. The van der Waals surface area contributed by atoms with Crippen LogP contribution >= 0.6 is 11.3 Å². The van der Waals surface area contributed by atoms with Gasteiger partial charge in [-0.05, 0) is 40.4 Å². The first-order valence-corrected chi connectivity index (χ1v) is 16.6. The Bertz CT molecular complexity index is 3090. The predicted octanol–water partition coefficient (Wildman–Crippen LogP) is 11.8. The van der Waals surface area contributed by atoms with Crippen molar-refractivity contribution in [3.8, 4) is 17.2 Å². The van der Waals surface area contributed by atoms with Crippen LogP contribution in [0, 0.1) is 0 Å². The van der Waals surface area contributed by atoms with E-state index in [4.69, 9.17) is 14.4 Å². The maximum Gasteiger partial charge on any atom is 0.236 e. The van der Waals surface area contributed by atoms with Crippen molar-refractivity contribution in [2.75, 3.05) is 0 Å². The topological polar surface area (TPSA) is 43.9 Å². The highest BCUT2D eigenvalue weighted by Gasteiger charge is 2.25. The highest BCUT2D eigenvalue weighted by atomic mass is 32.1. The lowest BCUT2D eigenvalue weighted by Crippen LogP contribution is -2.03. The standard InChI is InChI=1S/C42H23N3OS/c1-2-14-25-24(12-1)13-11-20-27(25)37-40-38(30-18-6-9-22-33(30)46-40)44-42(43-37)45-32-21-8-5-17-29(32)35-26-15-3-4-16-28(26)41-36(39(35)45)31-19-7-10-23-34(31)47-41/h1-23H. The summed E-state index contributed by atoms with van der Waals surface area (Å²) in [4.78, 5) is 10.9. The van der Waals surface area contributed by atoms with Crippen molar-refractivity contribution in [1.82, 2.24) is 14.5 Å². The van der Waals surface area contributed by atoms with Crippen molar-refractivity contribution in [3.05, 3.63) is 140 Å². The molecule has 0 aliphatic heterocycles. The third-order valence-corrected chi connectivity index (χ3v) is 10.8. The molecule has 0 atom stereocenters. The number of aromatic nitrogens is 3.